The van der Waals surface area contributed by atoms with E-state index in [1.807, 2.05) is 13.8 Å². The third-order valence-electron chi connectivity index (χ3n) is 3.30. The van der Waals surface area contributed by atoms with Crippen molar-refractivity contribution in [1.82, 2.24) is 10.0 Å². The molecule has 1 rings (SSSR count). The number of hydrogen-bond acceptors (Lipinski definition) is 3. The molecule has 0 radical (unpaired) electrons. The number of nitrogens with one attached hydrogen (secondary N) is 2. The Bertz CT molecular complexity index is 553. The highest BCUT2D eigenvalue weighted by atomic mass is 32.2. The minimum absolute atomic E-state index is 0.339. The highest BCUT2D eigenvalue weighted by Gasteiger charge is 2.22. The summed E-state index contributed by atoms with van der Waals surface area (Å²) in [5, 5.41) is 3.40. The van der Waals surface area contributed by atoms with Crippen molar-refractivity contribution in [2.75, 3.05) is 12.8 Å². The second kappa shape index (κ2) is 7.38. The molecular weight excluding hydrogens is 284 g/mol. The summed E-state index contributed by atoms with van der Waals surface area (Å²) in [4.78, 5) is 0. The summed E-state index contributed by atoms with van der Waals surface area (Å²) in [6.45, 7) is 8.61. The first-order valence-electron chi connectivity index (χ1n) is 7.35. The van der Waals surface area contributed by atoms with Crippen molar-refractivity contribution >= 4 is 10.0 Å². The van der Waals surface area contributed by atoms with Gasteiger partial charge >= 0.3 is 0 Å². The standard InChI is InChI=1S/C16H28N2O2S/c1-13-7-6-8-15(11-13)10-9-14(2)17-12-16(3,4)18-21(5,19)20/h6-8,11,14,17-18H,9-10,12H2,1-5H3. The molecule has 0 aliphatic carbocycles. The van der Waals surface area contributed by atoms with Crippen LogP contribution >= 0.6 is 0 Å². The fourth-order valence-corrected chi connectivity index (χ4v) is 3.40. The van der Waals surface area contributed by atoms with Crippen LogP contribution in [0.2, 0.25) is 0 Å². The number of benzene rings is 1. The van der Waals surface area contributed by atoms with E-state index in [0.29, 0.717) is 12.6 Å². The van der Waals surface area contributed by atoms with Gasteiger partial charge in [0, 0.05) is 18.1 Å². The van der Waals surface area contributed by atoms with E-state index in [1.165, 1.54) is 17.4 Å². The van der Waals surface area contributed by atoms with Gasteiger partial charge in [-0.3, -0.25) is 0 Å². The van der Waals surface area contributed by atoms with Gasteiger partial charge < -0.3 is 5.32 Å². The van der Waals surface area contributed by atoms with Crippen LogP contribution in [0.15, 0.2) is 24.3 Å². The van der Waals surface area contributed by atoms with Crippen LogP contribution in [0.25, 0.3) is 0 Å². The van der Waals surface area contributed by atoms with Gasteiger partial charge in [-0.1, -0.05) is 29.8 Å². The zero-order valence-corrected chi connectivity index (χ0v) is 14.5. The van der Waals surface area contributed by atoms with Gasteiger partial charge in [-0.2, -0.15) is 0 Å². The van der Waals surface area contributed by atoms with Crippen LogP contribution in [0.3, 0.4) is 0 Å². The van der Waals surface area contributed by atoms with E-state index < -0.39 is 15.6 Å². The van der Waals surface area contributed by atoms with Gasteiger partial charge in [-0.25, -0.2) is 13.1 Å². The number of aryl methyl sites for hydroxylation is 2. The average Bonchev–Trinajstić information content (AvgIpc) is 2.31. The van der Waals surface area contributed by atoms with Crippen LogP contribution in [0.5, 0.6) is 0 Å². The van der Waals surface area contributed by atoms with E-state index in [2.05, 4.69) is 48.2 Å². The van der Waals surface area contributed by atoms with Crippen LogP contribution in [0.1, 0.15) is 38.3 Å². The molecule has 0 aliphatic rings. The van der Waals surface area contributed by atoms with Crippen molar-refractivity contribution in [1.29, 1.82) is 0 Å². The summed E-state index contributed by atoms with van der Waals surface area (Å²) >= 11 is 0. The van der Waals surface area contributed by atoms with Gasteiger partial charge in [0.15, 0.2) is 0 Å². The van der Waals surface area contributed by atoms with Crippen molar-refractivity contribution in [3.63, 3.8) is 0 Å². The van der Waals surface area contributed by atoms with Gasteiger partial charge in [0.05, 0.1) is 6.26 Å². The van der Waals surface area contributed by atoms with E-state index in [9.17, 15) is 8.42 Å². The maximum absolute atomic E-state index is 11.3. The molecule has 1 aromatic carbocycles. The van der Waals surface area contributed by atoms with Crippen LogP contribution in [0.4, 0.5) is 0 Å². The molecule has 21 heavy (non-hydrogen) atoms. The predicted octanol–water partition coefficient (Wildman–Crippen LogP) is 2.23. The lowest BCUT2D eigenvalue weighted by atomic mass is 10.0. The van der Waals surface area contributed by atoms with Gasteiger partial charge in [-0.05, 0) is 46.1 Å². The van der Waals surface area contributed by atoms with Crippen molar-refractivity contribution in [3.8, 4) is 0 Å². The molecular formula is C16H28N2O2S. The van der Waals surface area contributed by atoms with E-state index in [0.717, 1.165) is 12.8 Å². The second-order valence-corrected chi connectivity index (χ2v) is 8.32. The van der Waals surface area contributed by atoms with E-state index >= 15 is 0 Å². The molecule has 1 atom stereocenters. The summed E-state index contributed by atoms with van der Waals surface area (Å²) < 4.78 is 25.2. The summed E-state index contributed by atoms with van der Waals surface area (Å²) in [6.07, 6.45) is 3.24. The number of hydrogen-bond donors (Lipinski definition) is 2. The Hall–Kier alpha value is -0.910. The minimum Gasteiger partial charge on any atom is -0.312 e. The van der Waals surface area contributed by atoms with Crippen molar-refractivity contribution in [2.24, 2.45) is 0 Å². The summed E-state index contributed by atoms with van der Waals surface area (Å²) in [7, 11) is -3.18. The van der Waals surface area contributed by atoms with E-state index in [1.54, 1.807) is 0 Å². The topological polar surface area (TPSA) is 58.2 Å². The molecule has 0 fully saturated rings. The quantitative estimate of drug-likeness (QED) is 0.774. The monoisotopic (exact) mass is 312 g/mol. The molecule has 1 unspecified atom stereocenters. The lowest BCUT2D eigenvalue weighted by Gasteiger charge is -2.27. The molecule has 1 aromatic rings. The molecule has 0 saturated carbocycles. The summed E-state index contributed by atoms with van der Waals surface area (Å²) in [5.74, 6) is 0. The fraction of sp³-hybridized carbons (Fsp3) is 0.625. The molecule has 2 N–H and O–H groups in total. The Morgan fingerprint density at radius 2 is 1.95 bits per heavy atom. The zero-order valence-electron chi connectivity index (χ0n) is 13.7. The molecule has 120 valence electrons. The van der Waals surface area contributed by atoms with E-state index in [-0.39, 0.29) is 0 Å². The highest BCUT2D eigenvalue weighted by Crippen LogP contribution is 2.09. The van der Waals surface area contributed by atoms with Crippen LogP contribution in [-0.4, -0.2) is 32.8 Å². The number of sulfonamides is 1. The third-order valence-corrected chi connectivity index (χ3v) is 4.23. The number of rotatable bonds is 8. The molecule has 0 heterocycles. The molecule has 4 nitrogen and oxygen atoms in total. The summed E-state index contributed by atoms with van der Waals surface area (Å²) in [6, 6.07) is 8.88. The Morgan fingerprint density at radius 3 is 2.52 bits per heavy atom. The maximum Gasteiger partial charge on any atom is 0.209 e. The van der Waals surface area contributed by atoms with Crippen LogP contribution in [-0.2, 0) is 16.4 Å². The predicted molar refractivity (Wildman–Crippen MR) is 89.0 cm³/mol. The molecule has 0 aliphatic heterocycles. The SMILES string of the molecule is Cc1cccc(CCC(C)NCC(C)(C)NS(C)(=O)=O)c1. The van der Waals surface area contributed by atoms with Crippen molar-refractivity contribution in [2.45, 2.75) is 52.1 Å². The van der Waals surface area contributed by atoms with Gasteiger partial charge in [0.25, 0.3) is 0 Å². The second-order valence-electron chi connectivity index (χ2n) is 6.57. The third kappa shape index (κ3) is 8.19. The van der Waals surface area contributed by atoms with Crippen molar-refractivity contribution in [3.05, 3.63) is 35.4 Å². The molecule has 0 bridgehead atoms. The van der Waals surface area contributed by atoms with Gasteiger partial charge in [0.1, 0.15) is 0 Å². The van der Waals surface area contributed by atoms with Crippen molar-refractivity contribution < 1.29 is 8.42 Å². The lowest BCUT2D eigenvalue weighted by molar-refractivity contribution is 0.388. The Morgan fingerprint density at radius 1 is 1.29 bits per heavy atom. The first-order valence-corrected chi connectivity index (χ1v) is 9.24. The molecule has 0 saturated heterocycles. The highest BCUT2D eigenvalue weighted by molar-refractivity contribution is 7.88. The Labute approximate surface area is 129 Å². The zero-order chi connectivity index (χ0) is 16.1. The van der Waals surface area contributed by atoms with Gasteiger partial charge in [0.2, 0.25) is 10.0 Å². The fourth-order valence-electron chi connectivity index (χ4n) is 2.32. The maximum atomic E-state index is 11.3. The summed E-state index contributed by atoms with van der Waals surface area (Å²) in [5.41, 5.74) is 2.15. The molecule has 0 aromatic heterocycles. The van der Waals surface area contributed by atoms with Gasteiger partial charge in [-0.15, -0.1) is 0 Å². The largest absolute Gasteiger partial charge is 0.312 e. The lowest BCUT2D eigenvalue weighted by Crippen LogP contribution is -2.51. The Balaban J connectivity index is 2.39. The Kier molecular flexibility index (Phi) is 6.38. The first kappa shape index (κ1) is 18.1. The molecule has 0 amide bonds. The smallest absolute Gasteiger partial charge is 0.209 e. The normalized spacial score (nSPS) is 14.1. The van der Waals surface area contributed by atoms with E-state index in [4.69, 9.17) is 0 Å². The van der Waals surface area contributed by atoms with Crippen LogP contribution < -0.4 is 10.0 Å². The first-order chi connectivity index (χ1) is 9.57. The minimum atomic E-state index is -3.18. The average molecular weight is 312 g/mol. The molecule has 5 heteroatoms. The van der Waals surface area contributed by atoms with Crippen LogP contribution in [0, 0.1) is 6.92 Å². The molecule has 0 spiro atoms.